The molecular weight excluding hydrogens is 318 g/mol. The van der Waals surface area contributed by atoms with Crippen LogP contribution in [0.5, 0.6) is 0 Å². The molecule has 0 unspecified atom stereocenters. The summed E-state index contributed by atoms with van der Waals surface area (Å²) in [5.41, 5.74) is 2.40. The van der Waals surface area contributed by atoms with Crippen molar-refractivity contribution in [3.8, 4) is 0 Å². The maximum atomic E-state index is 13.0. The molecule has 2 aromatic rings. The van der Waals surface area contributed by atoms with Crippen molar-refractivity contribution in [3.05, 3.63) is 65.7 Å². The normalized spacial score (nSPS) is 18.8. The van der Waals surface area contributed by atoms with Crippen LogP contribution in [0.15, 0.2) is 64.5 Å². The number of ether oxygens (including phenoxy) is 1. The van der Waals surface area contributed by atoms with Gasteiger partial charge in [0.05, 0.1) is 16.8 Å². The lowest BCUT2D eigenvalue weighted by atomic mass is 10.1. The lowest BCUT2D eigenvalue weighted by Gasteiger charge is -2.23. The van der Waals surface area contributed by atoms with Crippen LogP contribution >= 0.6 is 0 Å². The van der Waals surface area contributed by atoms with E-state index >= 15 is 0 Å². The second kappa shape index (κ2) is 6.89. The molecule has 1 aliphatic heterocycles. The van der Waals surface area contributed by atoms with Crippen molar-refractivity contribution in [1.29, 1.82) is 0 Å². The molecular formula is C20H23NO2S. The molecule has 0 saturated carbocycles. The van der Waals surface area contributed by atoms with Crippen LogP contribution in [0.4, 0.5) is 0 Å². The summed E-state index contributed by atoms with van der Waals surface area (Å²) in [5, 5.41) is 0. The largest absolute Gasteiger partial charge is 0.478 e. The van der Waals surface area contributed by atoms with Gasteiger partial charge in [0.1, 0.15) is 11.4 Å². The Labute approximate surface area is 146 Å². The van der Waals surface area contributed by atoms with Gasteiger partial charge in [-0.1, -0.05) is 48.0 Å². The molecule has 2 atom stereocenters. The third kappa shape index (κ3) is 3.59. The molecule has 0 radical (unpaired) electrons. The fraction of sp³-hybridized carbons (Fsp3) is 0.350. The van der Waals surface area contributed by atoms with Gasteiger partial charge in [0.2, 0.25) is 5.90 Å². The fourth-order valence-corrected chi connectivity index (χ4v) is 4.01. The highest BCUT2D eigenvalue weighted by Gasteiger charge is 2.38. The number of hydrogen-bond donors (Lipinski definition) is 0. The minimum atomic E-state index is -1.21. The second-order valence-corrected chi connectivity index (χ2v) is 8.71. The molecule has 0 N–H and O–H groups in total. The lowest BCUT2D eigenvalue weighted by Crippen LogP contribution is -2.37. The number of aliphatic imine (C=N–C) groups is 1. The van der Waals surface area contributed by atoms with Crippen molar-refractivity contribution in [2.24, 2.45) is 4.99 Å². The summed E-state index contributed by atoms with van der Waals surface area (Å²) in [6, 6.07) is 18.2. The molecule has 126 valence electrons. The van der Waals surface area contributed by atoms with Crippen molar-refractivity contribution in [1.82, 2.24) is 0 Å². The first-order valence-corrected chi connectivity index (χ1v) is 9.35. The van der Waals surface area contributed by atoms with Gasteiger partial charge in [-0.3, -0.25) is 4.21 Å². The van der Waals surface area contributed by atoms with Crippen LogP contribution in [-0.4, -0.2) is 27.5 Å². The summed E-state index contributed by atoms with van der Waals surface area (Å²) >= 11 is 0. The molecule has 1 heterocycles. The quantitative estimate of drug-likeness (QED) is 0.827. The molecule has 0 fully saturated rings. The van der Waals surface area contributed by atoms with E-state index in [1.54, 1.807) is 0 Å². The zero-order valence-corrected chi connectivity index (χ0v) is 15.2. The van der Waals surface area contributed by atoms with Crippen molar-refractivity contribution in [2.45, 2.75) is 42.9 Å². The third-order valence-electron chi connectivity index (χ3n) is 4.24. The highest BCUT2D eigenvalue weighted by molar-refractivity contribution is 7.87. The molecule has 0 bridgehead atoms. The Morgan fingerprint density at radius 3 is 2.46 bits per heavy atom. The third-order valence-corrected chi connectivity index (χ3v) is 6.04. The highest BCUT2D eigenvalue weighted by atomic mass is 32.2. The van der Waals surface area contributed by atoms with Crippen LogP contribution in [0.1, 0.15) is 25.0 Å². The van der Waals surface area contributed by atoms with Gasteiger partial charge < -0.3 is 4.74 Å². The van der Waals surface area contributed by atoms with Gasteiger partial charge in [-0.2, -0.15) is 0 Å². The SMILES string of the molecule is Cc1ccc([S@](=O)C(C)(C)C2=N[C@@H](Cc3ccccc3)CO2)cc1. The molecule has 4 heteroatoms. The topological polar surface area (TPSA) is 38.7 Å². The van der Waals surface area contributed by atoms with E-state index < -0.39 is 15.5 Å². The van der Waals surface area contributed by atoms with Gasteiger partial charge in [-0.05, 0) is 44.9 Å². The van der Waals surface area contributed by atoms with Crippen LogP contribution in [-0.2, 0) is 22.0 Å². The van der Waals surface area contributed by atoms with Crippen LogP contribution in [0.25, 0.3) is 0 Å². The molecule has 0 aromatic heterocycles. The van der Waals surface area contributed by atoms with Crippen molar-refractivity contribution >= 4 is 16.7 Å². The zero-order valence-electron chi connectivity index (χ0n) is 14.4. The summed E-state index contributed by atoms with van der Waals surface area (Å²) in [6.07, 6.45) is 0.845. The molecule has 2 aromatic carbocycles. The van der Waals surface area contributed by atoms with Gasteiger partial charge in [0, 0.05) is 4.90 Å². The summed E-state index contributed by atoms with van der Waals surface area (Å²) in [4.78, 5) is 5.53. The van der Waals surface area contributed by atoms with E-state index in [-0.39, 0.29) is 6.04 Å². The summed E-state index contributed by atoms with van der Waals surface area (Å²) in [5.74, 6) is 0.599. The smallest absolute Gasteiger partial charge is 0.202 e. The summed E-state index contributed by atoms with van der Waals surface area (Å²) in [7, 11) is -1.21. The first-order valence-electron chi connectivity index (χ1n) is 8.20. The van der Waals surface area contributed by atoms with Crippen molar-refractivity contribution < 1.29 is 8.95 Å². The van der Waals surface area contributed by atoms with E-state index in [2.05, 4.69) is 12.1 Å². The number of hydrogen-bond acceptors (Lipinski definition) is 3. The maximum absolute atomic E-state index is 13.0. The van der Waals surface area contributed by atoms with E-state index in [9.17, 15) is 4.21 Å². The first kappa shape index (κ1) is 16.9. The Morgan fingerprint density at radius 1 is 1.12 bits per heavy atom. The lowest BCUT2D eigenvalue weighted by molar-refractivity contribution is 0.304. The standard InChI is InChI=1S/C20H23NO2S/c1-15-9-11-18(12-10-15)24(22)20(2,3)19-21-17(14-23-19)13-16-7-5-4-6-8-16/h4-12,17H,13-14H2,1-3H3/t17-,24-/m0/s1. The minimum Gasteiger partial charge on any atom is -0.478 e. The molecule has 0 saturated heterocycles. The zero-order chi connectivity index (χ0) is 17.2. The van der Waals surface area contributed by atoms with Gasteiger partial charge in [0.25, 0.3) is 0 Å². The van der Waals surface area contributed by atoms with E-state index in [1.807, 2.05) is 63.2 Å². The Hall–Kier alpha value is -1.94. The molecule has 3 rings (SSSR count). The Kier molecular flexibility index (Phi) is 4.86. The average Bonchev–Trinajstić information content (AvgIpc) is 3.05. The fourth-order valence-electron chi connectivity index (χ4n) is 2.77. The number of benzene rings is 2. The monoisotopic (exact) mass is 341 g/mol. The Balaban J connectivity index is 1.75. The first-order chi connectivity index (χ1) is 11.5. The van der Waals surface area contributed by atoms with Crippen molar-refractivity contribution in [2.75, 3.05) is 6.61 Å². The molecule has 0 amide bonds. The van der Waals surface area contributed by atoms with Crippen LogP contribution in [0.3, 0.4) is 0 Å². The second-order valence-electron chi connectivity index (χ2n) is 6.68. The van der Waals surface area contributed by atoms with Gasteiger partial charge in [-0.25, -0.2) is 4.99 Å². The average molecular weight is 341 g/mol. The Bertz CT molecular complexity index is 751. The maximum Gasteiger partial charge on any atom is 0.202 e. The molecule has 1 aliphatic rings. The van der Waals surface area contributed by atoms with E-state index in [0.717, 1.165) is 16.9 Å². The van der Waals surface area contributed by atoms with Crippen LogP contribution < -0.4 is 0 Å². The number of aryl methyl sites for hydroxylation is 1. The molecule has 3 nitrogen and oxygen atoms in total. The molecule has 0 spiro atoms. The van der Waals surface area contributed by atoms with Gasteiger partial charge in [-0.15, -0.1) is 0 Å². The highest BCUT2D eigenvalue weighted by Crippen LogP contribution is 2.27. The molecule has 0 aliphatic carbocycles. The summed E-state index contributed by atoms with van der Waals surface area (Å²) in [6.45, 7) is 6.45. The molecule has 24 heavy (non-hydrogen) atoms. The Morgan fingerprint density at radius 2 is 1.79 bits per heavy atom. The van der Waals surface area contributed by atoms with Gasteiger partial charge >= 0.3 is 0 Å². The van der Waals surface area contributed by atoms with Crippen molar-refractivity contribution in [3.63, 3.8) is 0 Å². The van der Waals surface area contributed by atoms with E-state index in [1.165, 1.54) is 5.56 Å². The van der Waals surface area contributed by atoms with E-state index in [0.29, 0.717) is 12.5 Å². The number of rotatable bonds is 5. The van der Waals surface area contributed by atoms with Gasteiger partial charge in [0.15, 0.2) is 0 Å². The van der Waals surface area contributed by atoms with E-state index in [4.69, 9.17) is 9.73 Å². The number of nitrogens with zero attached hydrogens (tertiary/aromatic N) is 1. The van der Waals surface area contributed by atoms with Crippen LogP contribution in [0, 0.1) is 6.92 Å². The van der Waals surface area contributed by atoms with Crippen LogP contribution in [0.2, 0.25) is 0 Å². The predicted octanol–water partition coefficient (Wildman–Crippen LogP) is 3.92. The summed E-state index contributed by atoms with van der Waals surface area (Å²) < 4.78 is 18.2. The minimum absolute atomic E-state index is 0.0942. The predicted molar refractivity (Wildman–Crippen MR) is 99.0 cm³/mol.